The Morgan fingerprint density at radius 1 is 1.65 bits per heavy atom. The summed E-state index contributed by atoms with van der Waals surface area (Å²) in [5, 5.41) is 14.6. The van der Waals surface area contributed by atoms with E-state index in [0.717, 1.165) is 19.3 Å². The summed E-state index contributed by atoms with van der Waals surface area (Å²) < 4.78 is 0. The lowest BCUT2D eigenvalue weighted by Crippen LogP contribution is -2.47. The topological polar surface area (TPSA) is 87.7 Å². The molecule has 5 nitrogen and oxygen atoms in total. The summed E-state index contributed by atoms with van der Waals surface area (Å²) in [6.07, 6.45) is 3.80. The van der Waals surface area contributed by atoms with Gasteiger partial charge in [0.05, 0.1) is 5.92 Å². The van der Waals surface area contributed by atoms with Gasteiger partial charge in [0.2, 0.25) is 5.91 Å². The van der Waals surface area contributed by atoms with Crippen LogP contribution in [0.3, 0.4) is 0 Å². The molecule has 1 saturated carbocycles. The summed E-state index contributed by atoms with van der Waals surface area (Å²) in [5.74, 6) is -0.681. The molecule has 1 aliphatic carbocycles. The van der Waals surface area contributed by atoms with E-state index in [-0.39, 0.29) is 23.2 Å². The molecule has 0 aromatic heterocycles. The van der Waals surface area contributed by atoms with Crippen molar-refractivity contribution in [3.05, 3.63) is 0 Å². The maximum atomic E-state index is 12.0. The second-order valence-electron chi connectivity index (χ2n) is 5.43. The Hall–Kier alpha value is -1.26. The maximum absolute atomic E-state index is 12.0. The van der Waals surface area contributed by atoms with Crippen molar-refractivity contribution in [2.45, 2.75) is 52.5 Å². The minimum absolute atomic E-state index is 0.0131. The zero-order chi connectivity index (χ0) is 13.1. The number of nitrogens with one attached hydrogen (secondary N) is 1. The predicted molar refractivity (Wildman–Crippen MR) is 66.8 cm³/mol. The largest absolute Gasteiger partial charge is 0.409 e. The smallest absolute Gasteiger partial charge is 0.231 e. The first-order chi connectivity index (χ1) is 7.92. The molecule has 2 unspecified atom stereocenters. The summed E-state index contributed by atoms with van der Waals surface area (Å²) in [7, 11) is 0. The molecule has 0 spiro atoms. The molecule has 1 rings (SSSR count). The van der Waals surface area contributed by atoms with E-state index in [9.17, 15) is 4.79 Å². The highest BCUT2D eigenvalue weighted by Crippen LogP contribution is 2.37. The third-order valence-electron chi connectivity index (χ3n) is 3.77. The van der Waals surface area contributed by atoms with Gasteiger partial charge in [0.15, 0.2) is 5.84 Å². The number of rotatable bonds is 4. The molecule has 0 heterocycles. The fourth-order valence-electron chi connectivity index (χ4n) is 2.47. The number of amides is 1. The van der Waals surface area contributed by atoms with Crippen molar-refractivity contribution in [2.75, 3.05) is 0 Å². The van der Waals surface area contributed by atoms with E-state index in [4.69, 9.17) is 10.9 Å². The number of amidine groups is 1. The Bertz CT molecular complexity index is 313. The molecule has 1 amide bonds. The Balaban J connectivity index is 2.65. The van der Waals surface area contributed by atoms with E-state index >= 15 is 0 Å². The lowest BCUT2D eigenvalue weighted by molar-refractivity contribution is -0.124. The molecule has 4 N–H and O–H groups in total. The Morgan fingerprint density at radius 2 is 2.29 bits per heavy atom. The second-order valence-corrected chi connectivity index (χ2v) is 5.43. The van der Waals surface area contributed by atoms with Gasteiger partial charge in [0.25, 0.3) is 0 Å². The van der Waals surface area contributed by atoms with E-state index in [1.54, 1.807) is 0 Å². The van der Waals surface area contributed by atoms with Gasteiger partial charge in [-0.15, -0.1) is 0 Å². The van der Waals surface area contributed by atoms with Crippen LogP contribution in [-0.4, -0.2) is 23.0 Å². The predicted octanol–water partition coefficient (Wildman–Crippen LogP) is 1.45. The van der Waals surface area contributed by atoms with Crippen LogP contribution in [0.1, 0.15) is 46.5 Å². The van der Waals surface area contributed by atoms with Gasteiger partial charge in [-0.25, -0.2) is 0 Å². The van der Waals surface area contributed by atoms with E-state index in [2.05, 4.69) is 24.3 Å². The quantitative estimate of drug-likeness (QED) is 0.301. The second kappa shape index (κ2) is 5.38. The first-order valence-corrected chi connectivity index (χ1v) is 6.20. The highest BCUT2D eigenvalue weighted by atomic mass is 16.4. The maximum Gasteiger partial charge on any atom is 0.231 e. The third kappa shape index (κ3) is 3.11. The van der Waals surface area contributed by atoms with Gasteiger partial charge in [0.1, 0.15) is 0 Å². The van der Waals surface area contributed by atoms with Gasteiger partial charge >= 0.3 is 0 Å². The average molecular weight is 241 g/mol. The fourth-order valence-corrected chi connectivity index (χ4v) is 2.47. The summed E-state index contributed by atoms with van der Waals surface area (Å²) in [4.78, 5) is 12.0. The monoisotopic (exact) mass is 241 g/mol. The number of nitrogens with two attached hydrogens (primary N) is 1. The Morgan fingerprint density at radius 3 is 2.71 bits per heavy atom. The molecule has 0 radical (unpaired) electrons. The van der Waals surface area contributed by atoms with Crippen LogP contribution in [-0.2, 0) is 4.79 Å². The van der Waals surface area contributed by atoms with Gasteiger partial charge in [-0.2, -0.15) is 0 Å². The summed E-state index contributed by atoms with van der Waals surface area (Å²) in [5.41, 5.74) is 5.65. The third-order valence-corrected chi connectivity index (χ3v) is 3.77. The molecule has 1 aliphatic rings. The molecule has 0 bridgehead atoms. The standard InChI is InChI=1S/C12H23N3O2/c1-4-8(10(13)15-17)11(16)14-9-6-5-7-12(9,2)3/h8-9,17H,4-7H2,1-3H3,(H2,13,15)(H,14,16). The van der Waals surface area contributed by atoms with Gasteiger partial charge in [-0.1, -0.05) is 32.3 Å². The average Bonchev–Trinajstić information content (AvgIpc) is 2.59. The van der Waals surface area contributed by atoms with Crippen LogP contribution in [0.2, 0.25) is 0 Å². The molecule has 0 saturated heterocycles. The number of hydrogen-bond donors (Lipinski definition) is 3. The number of carbonyl (C=O) groups is 1. The van der Waals surface area contributed by atoms with Crippen molar-refractivity contribution in [1.29, 1.82) is 0 Å². The Labute approximate surface area is 102 Å². The Kier molecular flexibility index (Phi) is 4.37. The highest BCUT2D eigenvalue weighted by Gasteiger charge is 2.36. The van der Waals surface area contributed by atoms with Crippen LogP contribution in [0, 0.1) is 11.3 Å². The normalized spacial score (nSPS) is 25.6. The lowest BCUT2D eigenvalue weighted by Gasteiger charge is -2.29. The minimum atomic E-state index is -0.531. The number of carbonyl (C=O) groups excluding carboxylic acids is 1. The molecule has 17 heavy (non-hydrogen) atoms. The van der Waals surface area contributed by atoms with Crippen LogP contribution in [0.25, 0.3) is 0 Å². The first kappa shape index (κ1) is 13.8. The molecule has 98 valence electrons. The van der Waals surface area contributed by atoms with Gasteiger partial charge in [-0.05, 0) is 24.7 Å². The molecule has 5 heteroatoms. The fraction of sp³-hybridized carbons (Fsp3) is 0.833. The number of oxime groups is 1. The molecule has 0 aromatic rings. The summed E-state index contributed by atoms with van der Waals surface area (Å²) >= 11 is 0. The molecule has 1 fully saturated rings. The van der Waals surface area contributed by atoms with Gasteiger partial charge in [-0.3, -0.25) is 4.79 Å². The summed E-state index contributed by atoms with van der Waals surface area (Å²) in [6, 6.07) is 0.190. The summed E-state index contributed by atoms with van der Waals surface area (Å²) in [6.45, 7) is 6.17. The minimum Gasteiger partial charge on any atom is -0.409 e. The molecule has 2 atom stereocenters. The van der Waals surface area contributed by atoms with Gasteiger partial charge in [0, 0.05) is 6.04 Å². The number of nitrogens with zero attached hydrogens (tertiary/aromatic N) is 1. The zero-order valence-corrected chi connectivity index (χ0v) is 10.9. The van der Waals surface area contributed by atoms with Crippen LogP contribution < -0.4 is 11.1 Å². The van der Waals surface area contributed by atoms with Crippen LogP contribution in [0.4, 0.5) is 0 Å². The highest BCUT2D eigenvalue weighted by molar-refractivity contribution is 6.02. The van der Waals surface area contributed by atoms with Crippen LogP contribution in [0.15, 0.2) is 5.16 Å². The van der Waals surface area contributed by atoms with Crippen molar-refractivity contribution in [3.8, 4) is 0 Å². The number of hydrogen-bond acceptors (Lipinski definition) is 3. The van der Waals surface area contributed by atoms with Crippen molar-refractivity contribution in [3.63, 3.8) is 0 Å². The van der Waals surface area contributed by atoms with E-state index < -0.39 is 5.92 Å². The van der Waals surface area contributed by atoms with Crippen LogP contribution in [0.5, 0.6) is 0 Å². The van der Waals surface area contributed by atoms with E-state index in [1.807, 2.05) is 6.92 Å². The van der Waals surface area contributed by atoms with Gasteiger partial charge < -0.3 is 16.3 Å². The van der Waals surface area contributed by atoms with Crippen LogP contribution >= 0.6 is 0 Å². The van der Waals surface area contributed by atoms with E-state index in [1.165, 1.54) is 0 Å². The molecular weight excluding hydrogens is 218 g/mol. The van der Waals surface area contributed by atoms with Crippen molar-refractivity contribution < 1.29 is 10.0 Å². The van der Waals surface area contributed by atoms with E-state index in [0.29, 0.717) is 6.42 Å². The SMILES string of the molecule is CCC(C(=O)NC1CCCC1(C)C)C(N)=NO. The van der Waals surface area contributed by atoms with Crippen molar-refractivity contribution in [2.24, 2.45) is 22.2 Å². The first-order valence-electron chi connectivity index (χ1n) is 6.20. The van der Waals surface area contributed by atoms with Crippen molar-refractivity contribution in [1.82, 2.24) is 5.32 Å². The molecular formula is C12H23N3O2. The molecule has 0 aromatic carbocycles. The van der Waals surface area contributed by atoms with Crippen molar-refractivity contribution >= 4 is 11.7 Å². The lowest BCUT2D eigenvalue weighted by atomic mass is 9.87. The zero-order valence-electron chi connectivity index (χ0n) is 10.9. The molecule has 0 aliphatic heterocycles.